The number of hydrogen-bond donors (Lipinski definition) is 0. The summed E-state index contributed by atoms with van der Waals surface area (Å²) in [4.78, 5) is 15.2. The highest BCUT2D eigenvalue weighted by Gasteiger charge is 2.30. The highest BCUT2D eigenvalue weighted by atomic mass is 16.5. The van der Waals surface area contributed by atoms with Gasteiger partial charge in [0.15, 0.2) is 5.78 Å². The molecule has 3 heteroatoms. The molecule has 0 amide bonds. The van der Waals surface area contributed by atoms with Gasteiger partial charge in [0.05, 0.1) is 18.8 Å². The van der Waals surface area contributed by atoms with Gasteiger partial charge in [-0.2, -0.15) is 0 Å². The van der Waals surface area contributed by atoms with Gasteiger partial charge >= 0.3 is 0 Å². The van der Waals surface area contributed by atoms with Gasteiger partial charge < -0.3 is 4.74 Å². The van der Waals surface area contributed by atoms with E-state index in [0.29, 0.717) is 6.61 Å². The van der Waals surface area contributed by atoms with Crippen LogP contribution in [0.25, 0.3) is 0 Å². The number of ketones is 1. The third kappa shape index (κ3) is 4.11. The summed E-state index contributed by atoms with van der Waals surface area (Å²) >= 11 is 0. The highest BCUT2D eigenvalue weighted by molar-refractivity contribution is 6.00. The van der Waals surface area contributed by atoms with Gasteiger partial charge in [0, 0.05) is 18.7 Å². The molecule has 2 aromatic carbocycles. The Hall–Kier alpha value is -1.97. The number of nitrogens with zero attached hydrogens (tertiary/aromatic N) is 1. The Morgan fingerprint density at radius 3 is 2.46 bits per heavy atom. The van der Waals surface area contributed by atoms with E-state index in [0.717, 1.165) is 31.5 Å². The van der Waals surface area contributed by atoms with Crippen LogP contribution in [0.1, 0.15) is 29.3 Å². The van der Waals surface area contributed by atoms with Gasteiger partial charge in [-0.05, 0) is 18.4 Å². The third-order valence-electron chi connectivity index (χ3n) is 4.66. The van der Waals surface area contributed by atoms with Crippen LogP contribution in [0, 0.1) is 0 Å². The van der Waals surface area contributed by atoms with E-state index in [4.69, 9.17) is 4.74 Å². The van der Waals surface area contributed by atoms with Gasteiger partial charge in [0.25, 0.3) is 0 Å². The Balaban J connectivity index is 1.67. The van der Waals surface area contributed by atoms with Crippen molar-refractivity contribution in [2.45, 2.75) is 31.9 Å². The van der Waals surface area contributed by atoms with E-state index in [9.17, 15) is 4.79 Å². The molecular weight excluding hydrogens is 298 g/mol. The monoisotopic (exact) mass is 323 g/mol. The Morgan fingerprint density at radius 2 is 1.79 bits per heavy atom. The van der Waals surface area contributed by atoms with Crippen LogP contribution < -0.4 is 0 Å². The van der Waals surface area contributed by atoms with E-state index in [2.05, 4.69) is 36.1 Å². The summed E-state index contributed by atoms with van der Waals surface area (Å²) < 4.78 is 5.94. The lowest BCUT2D eigenvalue weighted by Gasteiger charge is -2.37. The van der Waals surface area contributed by atoms with Gasteiger partial charge in [-0.25, -0.2) is 0 Å². The molecule has 3 rings (SSSR count). The zero-order valence-corrected chi connectivity index (χ0v) is 14.2. The van der Waals surface area contributed by atoms with Crippen molar-refractivity contribution in [1.29, 1.82) is 0 Å². The molecule has 2 aromatic rings. The van der Waals surface area contributed by atoms with Crippen LogP contribution in [-0.2, 0) is 11.2 Å². The Labute approximate surface area is 144 Å². The van der Waals surface area contributed by atoms with E-state index in [1.54, 1.807) is 0 Å². The highest BCUT2D eigenvalue weighted by Crippen LogP contribution is 2.18. The molecule has 0 aliphatic carbocycles. The maximum Gasteiger partial charge on any atom is 0.179 e. The average molecular weight is 323 g/mol. The van der Waals surface area contributed by atoms with E-state index >= 15 is 0 Å². The van der Waals surface area contributed by atoms with Crippen molar-refractivity contribution in [3.05, 3.63) is 71.8 Å². The van der Waals surface area contributed by atoms with Gasteiger partial charge in [0.2, 0.25) is 0 Å². The molecule has 0 N–H and O–H groups in total. The predicted octanol–water partition coefficient (Wildman–Crippen LogP) is 3.59. The summed E-state index contributed by atoms with van der Waals surface area (Å²) in [6, 6.07) is 20.0. The molecule has 3 nitrogen and oxygen atoms in total. The standard InChI is InChI=1S/C21H25NO2/c1-2-20(21(23)18-11-7-4-8-12-18)22-13-14-24-19(16-22)15-17-9-5-3-6-10-17/h3-12,19-20H,2,13-16H2,1H3. The molecule has 0 spiro atoms. The average Bonchev–Trinajstić information content (AvgIpc) is 2.64. The second-order valence-electron chi connectivity index (χ2n) is 6.33. The molecule has 1 aliphatic rings. The quantitative estimate of drug-likeness (QED) is 0.761. The Morgan fingerprint density at radius 1 is 1.12 bits per heavy atom. The first-order valence-corrected chi connectivity index (χ1v) is 8.76. The number of morpholine rings is 1. The van der Waals surface area contributed by atoms with Crippen molar-refractivity contribution < 1.29 is 9.53 Å². The lowest BCUT2D eigenvalue weighted by Crippen LogP contribution is -2.51. The van der Waals surface area contributed by atoms with Gasteiger partial charge in [-0.1, -0.05) is 67.6 Å². The largest absolute Gasteiger partial charge is 0.375 e. The molecular formula is C21H25NO2. The number of rotatable bonds is 6. The number of carbonyl (C=O) groups excluding carboxylic acids is 1. The summed E-state index contributed by atoms with van der Waals surface area (Å²) in [5.41, 5.74) is 2.09. The molecule has 0 bridgehead atoms. The zero-order chi connectivity index (χ0) is 16.8. The molecule has 0 radical (unpaired) electrons. The maximum absolute atomic E-state index is 12.9. The van der Waals surface area contributed by atoms with Crippen LogP contribution in [0.4, 0.5) is 0 Å². The molecule has 1 fully saturated rings. The fraction of sp³-hybridized carbons (Fsp3) is 0.381. The smallest absolute Gasteiger partial charge is 0.179 e. The number of ether oxygens (including phenoxy) is 1. The first kappa shape index (κ1) is 16.9. The molecule has 0 aromatic heterocycles. The second kappa shape index (κ2) is 8.22. The molecule has 0 saturated carbocycles. The van der Waals surface area contributed by atoms with Crippen LogP contribution in [0.2, 0.25) is 0 Å². The number of hydrogen-bond acceptors (Lipinski definition) is 3. The third-order valence-corrected chi connectivity index (χ3v) is 4.66. The molecule has 2 unspecified atom stereocenters. The van der Waals surface area contributed by atoms with E-state index in [1.807, 2.05) is 36.4 Å². The number of Topliss-reactive ketones (excluding diaryl/α,β-unsaturated/α-hetero) is 1. The van der Waals surface area contributed by atoms with Crippen molar-refractivity contribution in [1.82, 2.24) is 4.90 Å². The maximum atomic E-state index is 12.9. The lowest BCUT2D eigenvalue weighted by molar-refractivity contribution is -0.0388. The van der Waals surface area contributed by atoms with Crippen LogP contribution >= 0.6 is 0 Å². The zero-order valence-electron chi connectivity index (χ0n) is 14.2. The normalized spacial score (nSPS) is 19.8. The first-order chi connectivity index (χ1) is 11.8. The van der Waals surface area contributed by atoms with Crippen molar-refractivity contribution in [3.63, 3.8) is 0 Å². The van der Waals surface area contributed by atoms with Gasteiger partial charge in [-0.15, -0.1) is 0 Å². The van der Waals surface area contributed by atoms with E-state index < -0.39 is 0 Å². The van der Waals surface area contributed by atoms with Crippen molar-refractivity contribution in [2.24, 2.45) is 0 Å². The summed E-state index contributed by atoms with van der Waals surface area (Å²) in [7, 11) is 0. The molecule has 24 heavy (non-hydrogen) atoms. The molecule has 1 saturated heterocycles. The van der Waals surface area contributed by atoms with Crippen LogP contribution in [-0.4, -0.2) is 42.5 Å². The van der Waals surface area contributed by atoms with Crippen molar-refractivity contribution >= 4 is 5.78 Å². The summed E-state index contributed by atoms with van der Waals surface area (Å²) in [6.45, 7) is 4.41. The Kier molecular flexibility index (Phi) is 5.78. The fourth-order valence-corrected chi connectivity index (χ4v) is 3.43. The minimum absolute atomic E-state index is 0.0606. The van der Waals surface area contributed by atoms with E-state index in [1.165, 1.54) is 5.56 Å². The van der Waals surface area contributed by atoms with Crippen molar-refractivity contribution in [3.8, 4) is 0 Å². The minimum atomic E-state index is -0.0606. The van der Waals surface area contributed by atoms with Gasteiger partial charge in [-0.3, -0.25) is 9.69 Å². The predicted molar refractivity (Wildman–Crippen MR) is 96.3 cm³/mol. The lowest BCUT2D eigenvalue weighted by atomic mass is 9.99. The minimum Gasteiger partial charge on any atom is -0.375 e. The fourth-order valence-electron chi connectivity index (χ4n) is 3.43. The summed E-state index contributed by atoms with van der Waals surface area (Å²) in [6.07, 6.45) is 1.87. The number of benzene rings is 2. The first-order valence-electron chi connectivity index (χ1n) is 8.76. The molecule has 2 atom stereocenters. The molecule has 1 heterocycles. The van der Waals surface area contributed by atoms with Gasteiger partial charge in [0.1, 0.15) is 0 Å². The Bertz CT molecular complexity index is 641. The SMILES string of the molecule is CCC(C(=O)c1ccccc1)N1CCOC(Cc2ccccc2)C1. The van der Waals surface area contributed by atoms with Crippen LogP contribution in [0.15, 0.2) is 60.7 Å². The summed E-state index contributed by atoms with van der Waals surface area (Å²) in [5.74, 6) is 0.221. The number of carbonyl (C=O) groups is 1. The summed E-state index contributed by atoms with van der Waals surface area (Å²) in [5, 5.41) is 0. The van der Waals surface area contributed by atoms with E-state index in [-0.39, 0.29) is 17.9 Å². The van der Waals surface area contributed by atoms with Crippen molar-refractivity contribution in [2.75, 3.05) is 19.7 Å². The van der Waals surface area contributed by atoms with Crippen LogP contribution in [0.5, 0.6) is 0 Å². The second-order valence-corrected chi connectivity index (χ2v) is 6.33. The molecule has 1 aliphatic heterocycles. The topological polar surface area (TPSA) is 29.5 Å². The molecule has 126 valence electrons. The van der Waals surface area contributed by atoms with Crippen LogP contribution in [0.3, 0.4) is 0 Å².